The van der Waals surface area contributed by atoms with Crippen LogP contribution in [0.25, 0.3) is 0 Å². The fraction of sp³-hybridized carbons (Fsp3) is 0.333. The van der Waals surface area contributed by atoms with Crippen molar-refractivity contribution in [1.82, 2.24) is 0 Å². The van der Waals surface area contributed by atoms with Gasteiger partial charge < -0.3 is 0 Å². The molecule has 78 valence electrons. The number of benzene rings is 1. The number of alkyl halides is 3. The number of rotatable bonds is 1. The Morgan fingerprint density at radius 1 is 1.29 bits per heavy atom. The van der Waals surface area contributed by atoms with Gasteiger partial charge in [-0.3, -0.25) is 0 Å². The van der Waals surface area contributed by atoms with Crippen LogP contribution in [0.1, 0.15) is 18.1 Å². The highest BCUT2D eigenvalue weighted by Gasteiger charge is 2.35. The highest BCUT2D eigenvalue weighted by molar-refractivity contribution is 6.30. The fourth-order valence-corrected chi connectivity index (χ4v) is 1.30. The Labute approximate surface area is 83.5 Å². The van der Waals surface area contributed by atoms with E-state index in [2.05, 4.69) is 0 Å². The summed E-state index contributed by atoms with van der Waals surface area (Å²) in [5.41, 5.74) is -0.939. The first-order valence-corrected chi connectivity index (χ1v) is 4.29. The minimum atomic E-state index is -4.70. The molecule has 0 aliphatic rings. The normalized spacial score (nSPS) is 11.9. The minimum absolute atomic E-state index is 0.365. The molecule has 0 aromatic heterocycles. The van der Waals surface area contributed by atoms with Gasteiger partial charge in [0.15, 0.2) is 5.82 Å². The van der Waals surface area contributed by atoms with Gasteiger partial charge in [-0.25, -0.2) is 4.39 Å². The second-order valence-electron chi connectivity index (χ2n) is 2.79. The number of aryl methyl sites for hydroxylation is 1. The van der Waals surface area contributed by atoms with Crippen molar-refractivity contribution in [2.24, 2.45) is 0 Å². The molecule has 0 radical (unpaired) electrons. The molecule has 1 aromatic carbocycles. The summed E-state index contributed by atoms with van der Waals surface area (Å²) in [5.74, 6) is -1.41. The van der Waals surface area contributed by atoms with Gasteiger partial charge in [-0.2, -0.15) is 13.2 Å². The minimum Gasteiger partial charge on any atom is -0.205 e. The van der Waals surface area contributed by atoms with Gasteiger partial charge in [0.05, 0.1) is 10.6 Å². The molecule has 0 fully saturated rings. The van der Waals surface area contributed by atoms with Crippen LogP contribution >= 0.6 is 11.6 Å². The third-order valence-electron chi connectivity index (χ3n) is 1.80. The van der Waals surface area contributed by atoms with Crippen LogP contribution in [0.2, 0.25) is 5.02 Å². The van der Waals surface area contributed by atoms with Crippen LogP contribution < -0.4 is 0 Å². The van der Waals surface area contributed by atoms with Gasteiger partial charge in [0.2, 0.25) is 0 Å². The van der Waals surface area contributed by atoms with Crippen molar-refractivity contribution >= 4 is 11.6 Å². The zero-order chi connectivity index (χ0) is 10.9. The smallest absolute Gasteiger partial charge is 0.205 e. The molecule has 0 N–H and O–H groups in total. The van der Waals surface area contributed by atoms with Crippen molar-refractivity contribution in [3.8, 4) is 0 Å². The Hall–Kier alpha value is -0.770. The Kier molecular flexibility index (Phi) is 3.04. The third-order valence-corrected chi connectivity index (χ3v) is 2.08. The van der Waals surface area contributed by atoms with Gasteiger partial charge in [0.1, 0.15) is 0 Å². The van der Waals surface area contributed by atoms with E-state index in [0.29, 0.717) is 12.0 Å². The lowest BCUT2D eigenvalue weighted by Gasteiger charge is -2.10. The Bertz CT molecular complexity index is 343. The van der Waals surface area contributed by atoms with E-state index in [0.717, 1.165) is 6.07 Å². The van der Waals surface area contributed by atoms with E-state index in [4.69, 9.17) is 11.6 Å². The van der Waals surface area contributed by atoms with Gasteiger partial charge in [-0.1, -0.05) is 18.5 Å². The van der Waals surface area contributed by atoms with Gasteiger partial charge in [0, 0.05) is 0 Å². The Balaban J connectivity index is 3.35. The van der Waals surface area contributed by atoms with Crippen molar-refractivity contribution < 1.29 is 17.6 Å². The highest BCUT2D eigenvalue weighted by atomic mass is 35.5. The molecule has 0 aliphatic heterocycles. The maximum atomic E-state index is 13.0. The van der Waals surface area contributed by atoms with Gasteiger partial charge in [-0.05, 0) is 24.1 Å². The summed E-state index contributed by atoms with van der Waals surface area (Å²) in [7, 11) is 0. The lowest BCUT2D eigenvalue weighted by Crippen LogP contribution is -2.09. The molecule has 0 bridgehead atoms. The van der Waals surface area contributed by atoms with E-state index in [1.165, 1.54) is 6.07 Å². The Morgan fingerprint density at radius 2 is 1.86 bits per heavy atom. The average Bonchev–Trinajstić information content (AvgIpc) is 2.07. The first-order valence-electron chi connectivity index (χ1n) is 3.91. The summed E-state index contributed by atoms with van der Waals surface area (Å²) in [5, 5.41) is -0.489. The van der Waals surface area contributed by atoms with Crippen LogP contribution in [0, 0.1) is 5.82 Å². The molecule has 0 saturated heterocycles. The van der Waals surface area contributed by atoms with Crippen LogP contribution in [0.4, 0.5) is 17.6 Å². The lowest BCUT2D eigenvalue weighted by atomic mass is 10.1. The molecule has 14 heavy (non-hydrogen) atoms. The molecule has 0 amide bonds. The standard InChI is InChI=1S/C9H7ClF4/c1-2-5-3-6(9(12,13)14)8(11)7(10)4-5/h3-4H,2H2,1H3. The first kappa shape index (κ1) is 11.3. The van der Waals surface area contributed by atoms with E-state index in [-0.39, 0.29) is 0 Å². The molecule has 0 saturated carbocycles. The van der Waals surface area contributed by atoms with Crippen molar-refractivity contribution in [3.63, 3.8) is 0 Å². The van der Waals surface area contributed by atoms with Crippen LogP contribution in [0.15, 0.2) is 12.1 Å². The molecule has 5 heteroatoms. The quantitative estimate of drug-likeness (QED) is 0.634. The maximum absolute atomic E-state index is 13.0. The molecule has 1 aromatic rings. The van der Waals surface area contributed by atoms with Crippen LogP contribution in [0.5, 0.6) is 0 Å². The number of hydrogen-bond donors (Lipinski definition) is 0. The molecule has 0 unspecified atom stereocenters. The average molecular weight is 227 g/mol. The molecule has 0 heterocycles. The predicted octanol–water partition coefficient (Wildman–Crippen LogP) is 4.06. The topological polar surface area (TPSA) is 0 Å². The van der Waals surface area contributed by atoms with E-state index in [1.54, 1.807) is 6.92 Å². The molecule has 0 nitrogen and oxygen atoms in total. The van der Waals surface area contributed by atoms with Crippen molar-refractivity contribution in [2.75, 3.05) is 0 Å². The zero-order valence-corrected chi connectivity index (χ0v) is 8.01. The lowest BCUT2D eigenvalue weighted by molar-refractivity contribution is -0.140. The fourth-order valence-electron chi connectivity index (χ4n) is 1.06. The summed E-state index contributed by atoms with van der Waals surface area (Å²) >= 11 is 5.33. The number of halogens is 5. The summed E-state index contributed by atoms with van der Waals surface area (Å²) in [6, 6.07) is 1.98. The van der Waals surface area contributed by atoms with Crippen LogP contribution in [0.3, 0.4) is 0 Å². The van der Waals surface area contributed by atoms with Gasteiger partial charge in [0.25, 0.3) is 0 Å². The van der Waals surface area contributed by atoms with E-state index >= 15 is 0 Å². The molecular weight excluding hydrogens is 220 g/mol. The molecule has 1 rings (SSSR count). The van der Waals surface area contributed by atoms with Crippen molar-refractivity contribution in [1.29, 1.82) is 0 Å². The van der Waals surface area contributed by atoms with E-state index < -0.39 is 22.6 Å². The van der Waals surface area contributed by atoms with E-state index in [9.17, 15) is 17.6 Å². The third kappa shape index (κ3) is 2.18. The first-order chi connectivity index (χ1) is 6.36. The molecule has 0 spiro atoms. The van der Waals surface area contributed by atoms with Crippen molar-refractivity contribution in [3.05, 3.63) is 34.1 Å². The van der Waals surface area contributed by atoms with Crippen LogP contribution in [-0.4, -0.2) is 0 Å². The second kappa shape index (κ2) is 3.77. The Morgan fingerprint density at radius 3 is 2.29 bits per heavy atom. The van der Waals surface area contributed by atoms with Gasteiger partial charge >= 0.3 is 6.18 Å². The van der Waals surface area contributed by atoms with Crippen molar-refractivity contribution in [2.45, 2.75) is 19.5 Å². The van der Waals surface area contributed by atoms with E-state index in [1.807, 2.05) is 0 Å². The monoisotopic (exact) mass is 226 g/mol. The molecule has 0 atom stereocenters. The maximum Gasteiger partial charge on any atom is 0.419 e. The molecule has 0 aliphatic carbocycles. The van der Waals surface area contributed by atoms with Crippen LogP contribution in [-0.2, 0) is 12.6 Å². The summed E-state index contributed by atoms with van der Waals surface area (Å²) in [6.07, 6.45) is -4.32. The predicted molar refractivity (Wildman–Crippen MR) is 45.8 cm³/mol. The second-order valence-corrected chi connectivity index (χ2v) is 3.20. The zero-order valence-electron chi connectivity index (χ0n) is 7.25. The highest BCUT2D eigenvalue weighted by Crippen LogP contribution is 2.34. The largest absolute Gasteiger partial charge is 0.419 e. The summed E-state index contributed by atoms with van der Waals surface area (Å²) in [6.45, 7) is 1.67. The number of hydrogen-bond acceptors (Lipinski definition) is 0. The summed E-state index contributed by atoms with van der Waals surface area (Å²) < 4.78 is 49.7. The van der Waals surface area contributed by atoms with Gasteiger partial charge in [-0.15, -0.1) is 0 Å². The summed E-state index contributed by atoms with van der Waals surface area (Å²) in [4.78, 5) is 0. The SMILES string of the molecule is CCc1cc(Cl)c(F)c(C(F)(F)F)c1. The molecular formula is C9H7ClF4.